The van der Waals surface area contributed by atoms with Crippen LogP contribution in [0.2, 0.25) is 0 Å². The lowest BCUT2D eigenvalue weighted by atomic mass is 10.2. The Morgan fingerprint density at radius 2 is 1.59 bits per heavy atom. The van der Waals surface area contributed by atoms with Crippen LogP contribution in [0.5, 0.6) is 0 Å². The zero-order valence-electron chi connectivity index (χ0n) is 19.8. The van der Waals surface area contributed by atoms with Gasteiger partial charge in [-0.25, -0.2) is 17.9 Å². The van der Waals surface area contributed by atoms with Gasteiger partial charge in [0.05, 0.1) is 4.90 Å². The first kappa shape index (κ1) is 26.1. The van der Waals surface area contributed by atoms with Crippen molar-refractivity contribution in [1.82, 2.24) is 19.4 Å². The zero-order chi connectivity index (χ0) is 23.9. The van der Waals surface area contributed by atoms with Crippen molar-refractivity contribution in [2.24, 2.45) is 0 Å². The molecule has 1 heterocycles. The number of benzene rings is 1. The number of piperazine rings is 1. The highest BCUT2D eigenvalue weighted by atomic mass is 32.2. The molecule has 0 saturated carbocycles. The Kier molecular flexibility index (Phi) is 9.06. The smallest absolute Gasteiger partial charge is 0.410 e. The molecular formula is C22H36N4O5S. The van der Waals surface area contributed by atoms with Crippen LogP contribution in [-0.2, 0) is 14.8 Å². The second-order valence-electron chi connectivity index (χ2n) is 8.71. The van der Waals surface area contributed by atoms with Gasteiger partial charge in [-0.05, 0) is 58.9 Å². The van der Waals surface area contributed by atoms with Gasteiger partial charge in [0.2, 0.25) is 10.0 Å². The van der Waals surface area contributed by atoms with Crippen molar-refractivity contribution in [3.63, 3.8) is 0 Å². The largest absolute Gasteiger partial charge is 0.444 e. The molecule has 32 heavy (non-hydrogen) atoms. The zero-order valence-corrected chi connectivity index (χ0v) is 20.6. The van der Waals surface area contributed by atoms with E-state index in [0.29, 0.717) is 51.4 Å². The summed E-state index contributed by atoms with van der Waals surface area (Å²) in [5, 5.41) is 0. The van der Waals surface area contributed by atoms with Crippen molar-refractivity contribution >= 4 is 22.0 Å². The number of amides is 2. The molecule has 0 spiro atoms. The fourth-order valence-electron chi connectivity index (χ4n) is 3.37. The Bertz CT molecular complexity index is 869. The standard InChI is InChI=1S/C22H36N4O5S/c1-6-25(7-2)20(27)18-8-10-19(11-9-18)32(29,30)23-12-13-24-14-16-26(17-15-24)21(28)31-22(3,4)5/h8-11,23H,6-7,12-17H2,1-5H3. The molecule has 0 aliphatic carbocycles. The van der Waals surface area contributed by atoms with E-state index in [2.05, 4.69) is 9.62 Å². The summed E-state index contributed by atoms with van der Waals surface area (Å²) in [5.41, 5.74) is -0.0564. The fourth-order valence-corrected chi connectivity index (χ4v) is 4.39. The van der Waals surface area contributed by atoms with Gasteiger partial charge in [0.25, 0.3) is 5.91 Å². The van der Waals surface area contributed by atoms with Crippen LogP contribution < -0.4 is 4.72 Å². The van der Waals surface area contributed by atoms with Crippen LogP contribution in [0.25, 0.3) is 0 Å². The van der Waals surface area contributed by atoms with E-state index in [0.717, 1.165) is 0 Å². The van der Waals surface area contributed by atoms with Crippen LogP contribution in [0, 0.1) is 0 Å². The molecule has 1 aliphatic heterocycles. The number of ether oxygens (including phenoxy) is 1. The van der Waals surface area contributed by atoms with Gasteiger partial charge >= 0.3 is 6.09 Å². The van der Waals surface area contributed by atoms with Crippen LogP contribution in [0.3, 0.4) is 0 Å². The SMILES string of the molecule is CCN(CC)C(=O)c1ccc(S(=O)(=O)NCCN2CCN(C(=O)OC(C)(C)C)CC2)cc1. The summed E-state index contributed by atoms with van der Waals surface area (Å²) in [6, 6.07) is 6.01. The topological polar surface area (TPSA) is 99.3 Å². The summed E-state index contributed by atoms with van der Waals surface area (Å²) >= 11 is 0. The van der Waals surface area contributed by atoms with E-state index in [4.69, 9.17) is 4.74 Å². The summed E-state index contributed by atoms with van der Waals surface area (Å²) < 4.78 is 33.2. The summed E-state index contributed by atoms with van der Waals surface area (Å²) in [6.07, 6.45) is -0.319. The lowest BCUT2D eigenvalue weighted by molar-refractivity contribution is 0.0147. The van der Waals surface area contributed by atoms with E-state index < -0.39 is 15.6 Å². The van der Waals surface area contributed by atoms with E-state index in [9.17, 15) is 18.0 Å². The van der Waals surface area contributed by atoms with E-state index >= 15 is 0 Å². The summed E-state index contributed by atoms with van der Waals surface area (Å²) in [4.78, 5) is 30.1. The highest BCUT2D eigenvalue weighted by Gasteiger charge is 2.26. The van der Waals surface area contributed by atoms with Crippen molar-refractivity contribution in [3.05, 3.63) is 29.8 Å². The van der Waals surface area contributed by atoms with Gasteiger partial charge in [-0.3, -0.25) is 9.69 Å². The maximum absolute atomic E-state index is 12.6. The van der Waals surface area contributed by atoms with Crippen molar-refractivity contribution in [2.45, 2.75) is 45.1 Å². The Morgan fingerprint density at radius 3 is 2.09 bits per heavy atom. The number of hydrogen-bond donors (Lipinski definition) is 1. The van der Waals surface area contributed by atoms with Gasteiger partial charge in [0, 0.05) is 57.9 Å². The molecule has 0 aromatic heterocycles. The Labute approximate surface area is 191 Å². The van der Waals surface area contributed by atoms with Gasteiger partial charge in [-0.1, -0.05) is 0 Å². The number of nitrogens with one attached hydrogen (secondary N) is 1. The number of rotatable bonds is 8. The highest BCUT2D eigenvalue weighted by molar-refractivity contribution is 7.89. The third kappa shape index (κ3) is 7.46. The van der Waals surface area contributed by atoms with E-state index in [1.807, 2.05) is 34.6 Å². The quantitative estimate of drug-likeness (QED) is 0.627. The number of carbonyl (C=O) groups is 2. The molecule has 0 atom stereocenters. The molecule has 1 fully saturated rings. The monoisotopic (exact) mass is 468 g/mol. The van der Waals surface area contributed by atoms with Crippen LogP contribution in [-0.4, -0.2) is 93.1 Å². The molecule has 10 heteroatoms. The Hall–Kier alpha value is -2.17. The van der Waals surface area contributed by atoms with Crippen LogP contribution in [0.1, 0.15) is 45.0 Å². The third-order valence-corrected chi connectivity index (χ3v) is 6.68. The minimum atomic E-state index is -3.67. The fraction of sp³-hybridized carbons (Fsp3) is 0.636. The van der Waals surface area contributed by atoms with E-state index in [1.54, 1.807) is 21.9 Å². The summed E-state index contributed by atoms with van der Waals surface area (Å²) in [5.74, 6) is -0.113. The first-order chi connectivity index (χ1) is 15.0. The summed E-state index contributed by atoms with van der Waals surface area (Å²) in [7, 11) is -3.67. The van der Waals surface area contributed by atoms with E-state index in [1.165, 1.54) is 12.1 Å². The van der Waals surface area contributed by atoms with Gasteiger partial charge in [0.1, 0.15) is 5.60 Å². The van der Waals surface area contributed by atoms with Gasteiger partial charge in [0.15, 0.2) is 0 Å². The average Bonchev–Trinajstić information content (AvgIpc) is 2.74. The van der Waals surface area contributed by atoms with Crippen LogP contribution >= 0.6 is 0 Å². The molecule has 2 amide bonds. The predicted octanol–water partition coefficient (Wildman–Crippen LogP) is 2.00. The average molecular weight is 469 g/mol. The van der Waals surface area contributed by atoms with Crippen molar-refractivity contribution in [3.8, 4) is 0 Å². The molecule has 1 aromatic carbocycles. The van der Waals surface area contributed by atoms with Gasteiger partial charge < -0.3 is 14.5 Å². The van der Waals surface area contributed by atoms with Crippen LogP contribution in [0.15, 0.2) is 29.2 Å². The van der Waals surface area contributed by atoms with Crippen LogP contribution in [0.4, 0.5) is 4.79 Å². The lowest BCUT2D eigenvalue weighted by Gasteiger charge is -2.35. The predicted molar refractivity (Wildman–Crippen MR) is 123 cm³/mol. The van der Waals surface area contributed by atoms with Gasteiger partial charge in [-0.15, -0.1) is 0 Å². The molecule has 1 saturated heterocycles. The molecule has 1 N–H and O–H groups in total. The molecule has 2 rings (SSSR count). The molecule has 0 unspecified atom stereocenters. The first-order valence-electron chi connectivity index (χ1n) is 11.1. The van der Waals surface area contributed by atoms with Crippen molar-refractivity contribution < 1.29 is 22.7 Å². The maximum Gasteiger partial charge on any atom is 0.410 e. The third-order valence-electron chi connectivity index (χ3n) is 5.21. The molecular weight excluding hydrogens is 432 g/mol. The van der Waals surface area contributed by atoms with Gasteiger partial charge in [-0.2, -0.15) is 0 Å². The Morgan fingerprint density at radius 1 is 1.03 bits per heavy atom. The lowest BCUT2D eigenvalue weighted by Crippen LogP contribution is -2.51. The molecule has 1 aromatic rings. The minimum Gasteiger partial charge on any atom is -0.444 e. The normalized spacial score (nSPS) is 15.5. The number of hydrogen-bond acceptors (Lipinski definition) is 6. The number of carbonyl (C=O) groups excluding carboxylic acids is 2. The maximum atomic E-state index is 12.6. The second kappa shape index (κ2) is 11.1. The van der Waals surface area contributed by atoms with Crippen molar-refractivity contribution in [2.75, 3.05) is 52.4 Å². The Balaban J connectivity index is 1.82. The van der Waals surface area contributed by atoms with Crippen molar-refractivity contribution in [1.29, 1.82) is 0 Å². The highest BCUT2D eigenvalue weighted by Crippen LogP contribution is 2.13. The number of nitrogens with zero attached hydrogens (tertiary/aromatic N) is 3. The van der Waals surface area contributed by atoms with E-state index in [-0.39, 0.29) is 23.4 Å². The molecule has 180 valence electrons. The summed E-state index contributed by atoms with van der Waals surface area (Å²) in [6.45, 7) is 13.7. The minimum absolute atomic E-state index is 0.113. The first-order valence-corrected chi connectivity index (χ1v) is 12.5. The molecule has 1 aliphatic rings. The second-order valence-corrected chi connectivity index (χ2v) is 10.5. The molecule has 0 bridgehead atoms. The molecule has 0 radical (unpaired) electrons. The number of sulfonamides is 1. The molecule has 9 nitrogen and oxygen atoms in total.